The highest BCUT2D eigenvalue weighted by Crippen LogP contribution is 2.20. The first-order valence-electron chi connectivity index (χ1n) is 5.52. The summed E-state index contributed by atoms with van der Waals surface area (Å²) in [6, 6.07) is 4.50. The van der Waals surface area contributed by atoms with Gasteiger partial charge in [0.15, 0.2) is 9.84 Å². The van der Waals surface area contributed by atoms with Crippen LogP contribution in [0.3, 0.4) is 0 Å². The minimum atomic E-state index is -3.80. The predicted octanol–water partition coefficient (Wildman–Crippen LogP) is -0.0492. The largest absolute Gasteiger partial charge is 0.352 e. The van der Waals surface area contributed by atoms with Crippen molar-refractivity contribution in [2.75, 3.05) is 0 Å². The third kappa shape index (κ3) is 3.49. The van der Waals surface area contributed by atoms with Gasteiger partial charge in [-0.25, -0.2) is 8.42 Å². The van der Waals surface area contributed by atoms with Crippen LogP contribution in [0.5, 0.6) is 0 Å². The Morgan fingerprint density at radius 1 is 1.14 bits per heavy atom. The minimum Gasteiger partial charge on any atom is -0.352 e. The molecule has 0 saturated carbocycles. The number of H-pyrrole nitrogens is 2. The molecule has 0 unspecified atom stereocenters. The quantitative estimate of drug-likeness (QED) is 0.385. The second-order valence-electron chi connectivity index (χ2n) is 3.61. The zero-order valence-electron chi connectivity index (χ0n) is 10.7. The number of hydrogen-bond acceptors (Lipinski definition) is 8. The Kier molecular flexibility index (Phi) is 4.53. The fraction of sp³-hybridized carbons (Fsp3) is 0. The van der Waals surface area contributed by atoms with Crippen molar-refractivity contribution in [2.24, 2.45) is 0 Å². The summed E-state index contributed by atoms with van der Waals surface area (Å²) < 4.78 is 23.7. The van der Waals surface area contributed by atoms with Crippen LogP contribution in [0.2, 0.25) is 0 Å². The smallest absolute Gasteiger partial charge is 0.269 e. The molecule has 12 heteroatoms. The van der Waals surface area contributed by atoms with Crippen molar-refractivity contribution in [1.29, 1.82) is 0 Å². The van der Waals surface area contributed by atoms with Crippen molar-refractivity contribution in [2.45, 2.75) is 9.92 Å². The molecule has 0 aliphatic rings. The molecule has 0 aliphatic heterocycles. The molecule has 0 saturated heterocycles. The van der Waals surface area contributed by atoms with Gasteiger partial charge in [-0.15, -0.1) is 16.6 Å². The zero-order chi connectivity index (χ0) is 16.0. The monoisotopic (exact) mass is 321 g/mol. The molecule has 3 aromatic rings. The average Bonchev–Trinajstić information content (AvgIpc) is 3.23. The van der Waals surface area contributed by atoms with Crippen LogP contribution >= 0.6 is 0 Å². The molecule has 3 rings (SSSR count). The lowest BCUT2D eigenvalue weighted by Gasteiger charge is -2.05. The van der Waals surface area contributed by atoms with E-state index >= 15 is 0 Å². The Morgan fingerprint density at radius 3 is 2.27 bits per heavy atom. The number of nitro benzene ring substituents is 1. The number of aromatic nitrogens is 6. The molecule has 1 aromatic carbocycles. The zero-order valence-corrected chi connectivity index (χ0v) is 11.5. The summed E-state index contributed by atoms with van der Waals surface area (Å²) in [7, 11) is -3.80. The molecule has 0 aliphatic carbocycles. The van der Waals surface area contributed by atoms with E-state index in [-0.39, 0.29) is 15.6 Å². The van der Waals surface area contributed by atoms with Crippen LogP contribution in [0, 0.1) is 22.5 Å². The molecule has 0 bridgehead atoms. The highest BCUT2D eigenvalue weighted by atomic mass is 32.2. The Balaban J connectivity index is 0.000000299. The molecule has 0 fully saturated rings. The number of benzene rings is 1. The number of sulfone groups is 1. The summed E-state index contributed by atoms with van der Waals surface area (Å²) in [6.07, 6.45) is 6.15. The van der Waals surface area contributed by atoms with Crippen LogP contribution in [0.4, 0.5) is 5.69 Å². The highest BCUT2D eigenvalue weighted by Gasteiger charge is 2.15. The molecular weight excluding hydrogens is 314 g/mol. The van der Waals surface area contributed by atoms with Gasteiger partial charge in [-0.1, -0.05) is 0 Å². The van der Waals surface area contributed by atoms with Gasteiger partial charge >= 0.3 is 0 Å². The van der Waals surface area contributed by atoms with Gasteiger partial charge in [0, 0.05) is 12.1 Å². The average molecular weight is 321 g/mol. The summed E-state index contributed by atoms with van der Waals surface area (Å²) in [5.41, 5.74) is -0.185. The number of aromatic amines is 2. The fourth-order valence-corrected chi connectivity index (χ4v) is 2.35. The van der Waals surface area contributed by atoms with Gasteiger partial charge in [0.05, 0.1) is 9.82 Å². The third-order valence-corrected chi connectivity index (χ3v) is 3.89. The van der Waals surface area contributed by atoms with Crippen LogP contribution < -0.4 is 0 Å². The van der Waals surface area contributed by atoms with Crippen molar-refractivity contribution >= 4 is 15.5 Å². The van der Waals surface area contributed by atoms with Gasteiger partial charge in [-0.3, -0.25) is 15.2 Å². The lowest BCUT2D eigenvalue weighted by molar-refractivity contribution is -0.384. The molecule has 114 valence electrons. The van der Waals surface area contributed by atoms with E-state index in [1.807, 2.05) is 0 Å². The van der Waals surface area contributed by atoms with Gasteiger partial charge in [-0.2, -0.15) is 0 Å². The number of nitrogens with zero attached hydrogens (tertiary/aromatic N) is 5. The van der Waals surface area contributed by atoms with E-state index < -0.39 is 14.8 Å². The summed E-state index contributed by atoms with van der Waals surface area (Å²) in [6.45, 7) is 0. The molecule has 11 nitrogen and oxygen atoms in total. The van der Waals surface area contributed by atoms with E-state index in [9.17, 15) is 18.5 Å². The maximum absolute atomic E-state index is 11.9. The van der Waals surface area contributed by atoms with Crippen molar-refractivity contribution in [3.05, 3.63) is 53.0 Å². The summed E-state index contributed by atoms with van der Waals surface area (Å²) >= 11 is 0. The van der Waals surface area contributed by atoms with Gasteiger partial charge in [0.25, 0.3) is 5.69 Å². The van der Waals surface area contributed by atoms with Crippen molar-refractivity contribution < 1.29 is 13.3 Å². The molecular formula is C10H7N7O4S-2. The lowest BCUT2D eigenvalue weighted by Crippen LogP contribution is -2.02. The topological polar surface area (TPSA) is 160 Å². The third-order valence-electron chi connectivity index (χ3n) is 2.27. The molecule has 22 heavy (non-hydrogen) atoms. The fourth-order valence-electron chi connectivity index (χ4n) is 1.30. The predicted molar refractivity (Wildman–Crippen MR) is 69.0 cm³/mol. The first kappa shape index (κ1) is 15.2. The molecule has 2 heterocycles. The van der Waals surface area contributed by atoms with Gasteiger partial charge < -0.3 is 27.7 Å². The van der Waals surface area contributed by atoms with Crippen LogP contribution in [0.15, 0.2) is 40.4 Å². The number of hydrogen-bond donors (Lipinski definition) is 2. The summed E-state index contributed by atoms with van der Waals surface area (Å²) in [5, 5.41) is 27.8. The van der Waals surface area contributed by atoms with Crippen LogP contribution in [-0.4, -0.2) is 44.2 Å². The van der Waals surface area contributed by atoms with Gasteiger partial charge in [-0.05, 0) is 17.2 Å². The van der Waals surface area contributed by atoms with E-state index in [1.54, 1.807) is 0 Å². The Bertz CT molecular complexity index is 796. The number of non-ortho nitro benzene ring substituents is 1. The Labute approximate surface area is 123 Å². The summed E-state index contributed by atoms with van der Waals surface area (Å²) in [4.78, 5) is 9.71. The molecule has 2 aromatic heterocycles. The number of rotatable bonds is 3. The standard InChI is InChI=1S/C8H5N4O4S.C2H2N3/c13-12(14)6-1-3-7(4-2-6)17(15,16)8-5-9-11-10-8;1-2-4-5-3-1/h1-4H,(H,9,10,11);1H,(H,3,4,5)/q2*-1. The number of nitrogens with one attached hydrogen (secondary N) is 2. The normalized spacial score (nSPS) is 10.5. The maximum atomic E-state index is 11.9. The van der Waals surface area contributed by atoms with Crippen LogP contribution in [-0.2, 0) is 9.84 Å². The number of nitro groups is 1. The second kappa shape index (κ2) is 6.53. The van der Waals surface area contributed by atoms with Crippen LogP contribution in [0.1, 0.15) is 0 Å². The second-order valence-corrected chi connectivity index (χ2v) is 5.50. The van der Waals surface area contributed by atoms with E-state index in [4.69, 9.17) is 0 Å². The Hall–Kier alpha value is -3.15. The van der Waals surface area contributed by atoms with Crippen molar-refractivity contribution in [3.8, 4) is 0 Å². The first-order valence-corrected chi connectivity index (χ1v) is 7.01. The first-order chi connectivity index (χ1) is 10.5. The molecule has 0 radical (unpaired) electrons. The minimum absolute atomic E-state index is 0.0922. The van der Waals surface area contributed by atoms with E-state index in [2.05, 4.69) is 43.2 Å². The maximum Gasteiger partial charge on any atom is 0.269 e. The van der Waals surface area contributed by atoms with Crippen molar-refractivity contribution in [3.63, 3.8) is 0 Å². The van der Waals surface area contributed by atoms with E-state index in [0.29, 0.717) is 0 Å². The molecule has 0 amide bonds. The SMILES string of the molecule is O=[N+]([O-])c1ccc(S(=O)(=O)c2[c-]nn[nH]2)cc1.[c-]1c[nH]nn1. The molecule has 0 spiro atoms. The van der Waals surface area contributed by atoms with Gasteiger partial charge in [0.1, 0.15) is 0 Å². The Morgan fingerprint density at radius 2 is 1.86 bits per heavy atom. The van der Waals surface area contributed by atoms with E-state index in [0.717, 1.165) is 24.3 Å². The summed E-state index contributed by atoms with van der Waals surface area (Å²) in [5.74, 6) is 0. The molecule has 0 atom stereocenters. The highest BCUT2D eigenvalue weighted by molar-refractivity contribution is 7.91. The van der Waals surface area contributed by atoms with Crippen molar-refractivity contribution in [1.82, 2.24) is 30.8 Å². The lowest BCUT2D eigenvalue weighted by atomic mass is 10.3. The van der Waals surface area contributed by atoms with Crippen LogP contribution in [0.25, 0.3) is 0 Å². The van der Waals surface area contributed by atoms with Gasteiger partial charge in [0.2, 0.25) is 0 Å². The molecule has 2 N–H and O–H groups in total. The van der Waals surface area contributed by atoms with E-state index in [1.165, 1.54) is 6.20 Å².